The highest BCUT2D eigenvalue weighted by Gasteiger charge is 2.12. The molecule has 2 rings (SSSR count). The lowest BCUT2D eigenvalue weighted by atomic mass is 10.2. The third-order valence-electron chi connectivity index (χ3n) is 2.65. The van der Waals surface area contributed by atoms with Crippen LogP contribution in [0.3, 0.4) is 0 Å². The molecule has 0 aliphatic heterocycles. The van der Waals surface area contributed by atoms with Crippen LogP contribution in [0.25, 0.3) is 5.69 Å². The van der Waals surface area contributed by atoms with Crippen molar-refractivity contribution in [3.05, 3.63) is 39.6 Å². The lowest BCUT2D eigenvalue weighted by molar-refractivity contribution is 0.831. The number of aromatic nitrogens is 2. The summed E-state index contributed by atoms with van der Waals surface area (Å²) in [5.74, 6) is 0. The van der Waals surface area contributed by atoms with Gasteiger partial charge >= 0.3 is 0 Å². The number of anilines is 1. The zero-order valence-corrected chi connectivity index (χ0v) is 11.1. The van der Waals surface area contributed by atoms with E-state index in [-0.39, 0.29) is 0 Å². The molecule has 1 heterocycles. The van der Waals surface area contributed by atoms with E-state index in [1.165, 1.54) is 0 Å². The molecule has 0 unspecified atom stereocenters. The van der Waals surface area contributed by atoms with Crippen molar-refractivity contribution in [2.24, 2.45) is 0 Å². The molecule has 1 aromatic carbocycles. The number of benzene rings is 1. The van der Waals surface area contributed by atoms with Crippen molar-refractivity contribution in [3.63, 3.8) is 0 Å². The first kappa shape index (κ1) is 11.7. The van der Waals surface area contributed by atoms with Crippen molar-refractivity contribution in [3.8, 4) is 11.8 Å². The highest BCUT2D eigenvalue weighted by Crippen LogP contribution is 2.24. The van der Waals surface area contributed by atoms with Gasteiger partial charge in [-0.1, -0.05) is 15.9 Å². The molecule has 0 bridgehead atoms. The van der Waals surface area contributed by atoms with Gasteiger partial charge in [-0.15, -0.1) is 0 Å². The van der Waals surface area contributed by atoms with Crippen LogP contribution in [0.5, 0.6) is 0 Å². The molecule has 0 saturated carbocycles. The lowest BCUT2D eigenvalue weighted by Gasteiger charge is -2.06. The minimum absolute atomic E-state index is 0.560. The van der Waals surface area contributed by atoms with E-state index in [4.69, 9.17) is 11.0 Å². The number of hydrogen-bond donors (Lipinski definition) is 1. The molecule has 86 valence electrons. The Labute approximate surface area is 108 Å². The monoisotopic (exact) mass is 290 g/mol. The van der Waals surface area contributed by atoms with E-state index in [1.54, 1.807) is 10.7 Å². The normalized spacial score (nSPS) is 10.2. The summed E-state index contributed by atoms with van der Waals surface area (Å²) >= 11 is 3.34. The molecule has 2 aromatic rings. The molecular formula is C12H11BrN4. The summed E-state index contributed by atoms with van der Waals surface area (Å²) < 4.78 is 2.57. The highest BCUT2D eigenvalue weighted by atomic mass is 79.9. The lowest BCUT2D eigenvalue weighted by Crippen LogP contribution is -2.02. The Bertz CT molecular complexity index is 622. The summed E-state index contributed by atoms with van der Waals surface area (Å²) in [4.78, 5) is 0. The third kappa shape index (κ3) is 1.92. The van der Waals surface area contributed by atoms with E-state index in [9.17, 15) is 0 Å². The van der Waals surface area contributed by atoms with Gasteiger partial charge in [-0.2, -0.15) is 10.4 Å². The number of aryl methyl sites for hydroxylation is 1. The fraction of sp³-hybridized carbons (Fsp3) is 0.167. The van der Waals surface area contributed by atoms with Gasteiger partial charge in [0, 0.05) is 4.47 Å². The molecule has 0 saturated heterocycles. The largest absolute Gasteiger partial charge is 0.396 e. The van der Waals surface area contributed by atoms with Crippen molar-refractivity contribution in [2.45, 2.75) is 13.8 Å². The van der Waals surface area contributed by atoms with Gasteiger partial charge in [0.2, 0.25) is 0 Å². The number of hydrogen-bond acceptors (Lipinski definition) is 3. The van der Waals surface area contributed by atoms with E-state index in [1.807, 2.05) is 26.0 Å². The molecule has 1 aromatic heterocycles. The summed E-state index contributed by atoms with van der Waals surface area (Å²) in [6.45, 7) is 3.74. The van der Waals surface area contributed by atoms with Crippen LogP contribution >= 0.6 is 15.9 Å². The second kappa shape index (κ2) is 4.22. The Balaban J connectivity index is 2.69. The summed E-state index contributed by atoms with van der Waals surface area (Å²) in [6.07, 6.45) is 0. The van der Waals surface area contributed by atoms with E-state index in [0.29, 0.717) is 11.3 Å². The summed E-state index contributed by atoms with van der Waals surface area (Å²) in [7, 11) is 0. The summed E-state index contributed by atoms with van der Waals surface area (Å²) in [5, 5.41) is 13.5. The molecule has 5 heteroatoms. The van der Waals surface area contributed by atoms with Gasteiger partial charge in [-0.3, -0.25) is 0 Å². The molecule has 2 N–H and O–H groups in total. The minimum Gasteiger partial charge on any atom is -0.396 e. The predicted molar refractivity (Wildman–Crippen MR) is 69.9 cm³/mol. The number of halogens is 1. The molecule has 0 radical (unpaired) electrons. The minimum atomic E-state index is 0.560. The van der Waals surface area contributed by atoms with Gasteiger partial charge in [0.25, 0.3) is 0 Å². The van der Waals surface area contributed by atoms with Crippen molar-refractivity contribution in [2.75, 3.05) is 5.73 Å². The summed E-state index contributed by atoms with van der Waals surface area (Å²) in [6, 6.07) is 7.65. The van der Waals surface area contributed by atoms with Gasteiger partial charge in [0.05, 0.1) is 28.3 Å². The van der Waals surface area contributed by atoms with Crippen LogP contribution < -0.4 is 5.73 Å². The summed E-state index contributed by atoms with van der Waals surface area (Å²) in [5.41, 5.74) is 9.47. The van der Waals surface area contributed by atoms with Crippen LogP contribution in [0.15, 0.2) is 22.7 Å². The molecule has 0 fully saturated rings. The number of nitrogens with zero attached hydrogens (tertiary/aromatic N) is 3. The third-order valence-corrected chi connectivity index (χ3v) is 3.15. The maximum Gasteiger partial charge on any atom is 0.101 e. The number of nitriles is 1. The maximum atomic E-state index is 9.13. The molecule has 0 amide bonds. The van der Waals surface area contributed by atoms with Crippen LogP contribution in [0, 0.1) is 25.2 Å². The second-order valence-electron chi connectivity index (χ2n) is 3.77. The SMILES string of the molecule is Cc1nn(-c2ccc(Br)cc2C#N)c(C)c1N. The zero-order valence-electron chi connectivity index (χ0n) is 9.53. The Morgan fingerprint density at radius 3 is 2.65 bits per heavy atom. The fourth-order valence-electron chi connectivity index (χ4n) is 1.67. The first-order valence-electron chi connectivity index (χ1n) is 5.06. The Morgan fingerprint density at radius 1 is 1.41 bits per heavy atom. The fourth-order valence-corrected chi connectivity index (χ4v) is 2.03. The molecule has 0 spiro atoms. The van der Waals surface area contributed by atoms with Gasteiger partial charge in [0.1, 0.15) is 6.07 Å². The quantitative estimate of drug-likeness (QED) is 0.878. The topological polar surface area (TPSA) is 67.6 Å². The number of nitrogens with two attached hydrogens (primary N) is 1. The second-order valence-corrected chi connectivity index (χ2v) is 4.69. The average molecular weight is 291 g/mol. The standard InChI is InChI=1S/C12H11BrN4/c1-7-12(15)8(2)17(16-7)11-4-3-10(13)5-9(11)6-14/h3-5H,15H2,1-2H3. The van der Waals surface area contributed by atoms with Crippen LogP contribution in [-0.2, 0) is 0 Å². The van der Waals surface area contributed by atoms with Crippen LogP contribution in [-0.4, -0.2) is 9.78 Å². The molecule has 0 atom stereocenters. The Hall–Kier alpha value is -1.80. The highest BCUT2D eigenvalue weighted by molar-refractivity contribution is 9.10. The van der Waals surface area contributed by atoms with E-state index in [0.717, 1.165) is 21.5 Å². The first-order chi connectivity index (χ1) is 8.04. The maximum absolute atomic E-state index is 9.13. The van der Waals surface area contributed by atoms with Crippen molar-refractivity contribution in [1.29, 1.82) is 5.26 Å². The predicted octanol–water partition coefficient (Wildman–Crippen LogP) is 2.71. The Kier molecular flexibility index (Phi) is 2.90. The zero-order chi connectivity index (χ0) is 12.6. The van der Waals surface area contributed by atoms with Gasteiger partial charge in [-0.05, 0) is 32.0 Å². The molecule has 0 aliphatic rings. The smallest absolute Gasteiger partial charge is 0.101 e. The van der Waals surface area contributed by atoms with Gasteiger partial charge < -0.3 is 5.73 Å². The first-order valence-corrected chi connectivity index (χ1v) is 5.85. The number of rotatable bonds is 1. The van der Waals surface area contributed by atoms with E-state index in [2.05, 4.69) is 27.1 Å². The van der Waals surface area contributed by atoms with Crippen molar-refractivity contribution in [1.82, 2.24) is 9.78 Å². The van der Waals surface area contributed by atoms with Crippen LogP contribution in [0.2, 0.25) is 0 Å². The van der Waals surface area contributed by atoms with Crippen LogP contribution in [0.1, 0.15) is 17.0 Å². The molecular weight excluding hydrogens is 280 g/mol. The van der Waals surface area contributed by atoms with E-state index >= 15 is 0 Å². The molecule has 4 nitrogen and oxygen atoms in total. The number of nitrogen functional groups attached to an aromatic ring is 1. The van der Waals surface area contributed by atoms with Gasteiger partial charge in [-0.25, -0.2) is 4.68 Å². The van der Waals surface area contributed by atoms with Crippen LogP contribution in [0.4, 0.5) is 5.69 Å². The average Bonchev–Trinajstić information content (AvgIpc) is 2.57. The molecule has 0 aliphatic carbocycles. The van der Waals surface area contributed by atoms with Crippen molar-refractivity contribution >= 4 is 21.6 Å². The Morgan fingerprint density at radius 2 is 2.12 bits per heavy atom. The van der Waals surface area contributed by atoms with Gasteiger partial charge in [0.15, 0.2) is 0 Å². The van der Waals surface area contributed by atoms with E-state index < -0.39 is 0 Å². The molecule has 17 heavy (non-hydrogen) atoms. The van der Waals surface area contributed by atoms with Crippen molar-refractivity contribution < 1.29 is 0 Å².